The molecular formula is C90H108BrF3N31O+. The summed E-state index contributed by atoms with van der Waals surface area (Å²) in [5.41, 5.74) is 54.0. The number of allylic oxidation sites excluding steroid dienone is 2. The van der Waals surface area contributed by atoms with Crippen molar-refractivity contribution in [2.45, 2.75) is 171 Å². The number of ether oxygens (including phenoxy) is 1. The van der Waals surface area contributed by atoms with Crippen molar-refractivity contribution in [3.8, 4) is 6.01 Å². The predicted molar refractivity (Wildman–Crippen MR) is 497 cm³/mol. The standard InChI is InChI=1S/C18H23BrN6.C18H24N6.C17H20N4O.C15H13F3N4.C13H14N5.C9H14N6/c1-3-5-10-21-18-23-15(20)14-16(24-18)25(17(19)22-14)11-13-8-6-12(4-2)7-9-13;1-3-5-10-20-18-22-16(19)15-17(23-18)24(12-21-15)11-14-8-6-13(4-2)7-9-14;1-3-9-22-17-19-15(18)14-10-12(2)21(16(14)20-17)11-13-7-5-4-6-8-13;1-9-7-11-12(19)20-14(15(16,17)18)21-13(11)22(9)8-10-5-3-2-4-6-10;1-7-6-18-8(2)15-10-12(18)11-9(16-13(10)14)4-3-5-17(7)11;1-2-3-4-11-9-14-7(10)6-8(15-9)13-5-12-6/h6-9H,3-5,10-11H2,1-2H3,(H3,20,21,23,24);6-9,12H,3-5,10-11H2,1-2H3,(H3,19,20,22,23);4-8H,2-3,9-11H2,1H3,(H2,18,19,20);2-6H,1,7-8H2,(H2,19,20,21);3-5,7H,6H2,1-2H3,(H2,14,16);5H,2-4H2,1H3,(H4,10,11,12,13,14,15)/q;;;;+1;. The van der Waals surface area contributed by atoms with Crippen LogP contribution in [0.1, 0.15) is 156 Å². The van der Waals surface area contributed by atoms with Crippen molar-refractivity contribution < 1.29 is 22.5 Å². The summed E-state index contributed by atoms with van der Waals surface area (Å²) in [7, 11) is 0. The number of anilines is 11. The number of hydrogen-bond acceptors (Lipinski definition) is 27. The molecule has 3 aliphatic rings. The molecule has 4 aromatic carbocycles. The van der Waals surface area contributed by atoms with E-state index in [2.05, 4.69) is 247 Å². The van der Waals surface area contributed by atoms with Crippen LogP contribution in [0, 0.1) is 6.92 Å². The van der Waals surface area contributed by atoms with Crippen molar-refractivity contribution in [3.05, 3.63) is 226 Å². The number of aromatic amines is 1. The van der Waals surface area contributed by atoms with Gasteiger partial charge in [0.1, 0.15) is 56.7 Å². The van der Waals surface area contributed by atoms with E-state index in [0.29, 0.717) is 136 Å². The summed E-state index contributed by atoms with van der Waals surface area (Å²) in [4.78, 5) is 70.5. The minimum absolute atomic E-state index is 0.144. The molecule has 32 nitrogen and oxygen atoms in total. The molecule has 1 unspecified atom stereocenters. The molecule has 0 bridgehead atoms. The van der Waals surface area contributed by atoms with E-state index in [4.69, 9.17) is 39.1 Å². The van der Waals surface area contributed by atoms with Gasteiger partial charge in [0.2, 0.25) is 23.7 Å². The van der Waals surface area contributed by atoms with Gasteiger partial charge in [0.25, 0.3) is 5.52 Å². The van der Waals surface area contributed by atoms with Gasteiger partial charge in [-0.25, -0.2) is 34.9 Å². The first kappa shape index (κ1) is 89.8. The first-order valence-corrected chi connectivity index (χ1v) is 43.1. The fraction of sp³-hybridized carbons (Fsp3) is 0.333. The van der Waals surface area contributed by atoms with Gasteiger partial charge >= 0.3 is 12.2 Å². The molecule has 126 heavy (non-hydrogen) atoms. The second kappa shape index (κ2) is 41.0. The zero-order chi connectivity index (χ0) is 89.3. The number of nitrogen functional groups attached to an aromatic ring is 6. The maximum absolute atomic E-state index is 12.9. The Morgan fingerprint density at radius 1 is 0.524 bits per heavy atom. The summed E-state index contributed by atoms with van der Waals surface area (Å²) in [5, 5.41) is 9.58. The highest BCUT2D eigenvalue weighted by Crippen LogP contribution is 2.41. The number of imidazole rings is 4. The third kappa shape index (κ3) is 21.3. The van der Waals surface area contributed by atoms with Gasteiger partial charge in [0, 0.05) is 74.2 Å². The van der Waals surface area contributed by atoms with Crippen molar-refractivity contribution in [2.75, 3.05) is 86.4 Å². The van der Waals surface area contributed by atoms with Crippen LogP contribution in [0.15, 0.2) is 169 Å². The molecule has 14 heterocycles. The largest absolute Gasteiger partial charge is 0.463 e. The Kier molecular flexibility index (Phi) is 29.3. The van der Waals surface area contributed by atoms with Crippen LogP contribution < -0.4 is 69.5 Å². The summed E-state index contributed by atoms with van der Waals surface area (Å²) in [6.07, 6.45) is 11.4. The molecule has 0 amide bonds. The molecule has 0 spiro atoms. The Morgan fingerprint density at radius 2 is 1.04 bits per heavy atom. The summed E-state index contributed by atoms with van der Waals surface area (Å²) in [6, 6.07) is 41.6. The number of rotatable bonds is 25. The van der Waals surface area contributed by atoms with Crippen LogP contribution in [0.4, 0.5) is 77.6 Å². The number of aryl methyl sites for hydroxylation is 3. The van der Waals surface area contributed by atoms with Crippen LogP contribution >= 0.6 is 15.9 Å². The molecule has 18 rings (SSSR count). The van der Waals surface area contributed by atoms with Crippen molar-refractivity contribution in [1.82, 2.24) is 93.4 Å². The van der Waals surface area contributed by atoms with Gasteiger partial charge in [-0.3, -0.25) is 4.57 Å². The van der Waals surface area contributed by atoms with Gasteiger partial charge < -0.3 is 79.0 Å². The molecule has 36 heteroatoms. The Morgan fingerprint density at radius 3 is 1.60 bits per heavy atom. The first-order valence-electron chi connectivity index (χ1n) is 42.3. The number of aromatic nitrogens is 20. The molecule has 0 saturated heterocycles. The van der Waals surface area contributed by atoms with E-state index in [9.17, 15) is 13.2 Å². The van der Waals surface area contributed by atoms with Crippen molar-refractivity contribution >= 4 is 136 Å². The number of hydrogen-bond donors (Lipinski definition) is 10. The number of fused-ring (bicyclic) bond motifs is 5. The predicted octanol–water partition coefficient (Wildman–Crippen LogP) is 15.8. The van der Waals surface area contributed by atoms with Crippen LogP contribution in [-0.4, -0.2) is 120 Å². The average molecular weight is 1780 g/mol. The molecular weight excluding hydrogens is 1670 g/mol. The van der Waals surface area contributed by atoms with Gasteiger partial charge in [-0.2, -0.15) is 57.6 Å². The number of alkyl halides is 3. The van der Waals surface area contributed by atoms with Gasteiger partial charge in [-0.1, -0.05) is 183 Å². The number of halogens is 4. The van der Waals surface area contributed by atoms with Crippen LogP contribution in [0.3, 0.4) is 0 Å². The van der Waals surface area contributed by atoms with E-state index in [1.54, 1.807) is 17.6 Å². The SMILES string of the molecule is C=C1Cc2c(N)nc(C(F)(F)F)nc2N1Cc1ccccc1.C=C1Cc2c(N)nc(OCCC)nc2N1Cc1ccccc1.CCCCNc1nc(N)c2[nH]cnc2n1.CCCCNc1nc(N)c2nc(Br)n(Cc3ccc(CC)cc3)c2n1.CCCCNc1nc(N)c2ncn(Cc3ccc(CC)cc3)c2n1.Cc1nc2c(N)nc3ccc[n+]4c3c2n1CC4C. The maximum Gasteiger partial charge on any atom is 0.451 e. The van der Waals surface area contributed by atoms with Crippen molar-refractivity contribution in [1.29, 1.82) is 0 Å². The third-order valence-corrected chi connectivity index (χ3v) is 21.9. The maximum atomic E-state index is 12.9. The van der Waals surface area contributed by atoms with Gasteiger partial charge in [0.05, 0.1) is 38.9 Å². The van der Waals surface area contributed by atoms with E-state index >= 15 is 0 Å². The normalized spacial score (nSPS) is 13.0. The molecule has 16 N–H and O–H groups in total. The summed E-state index contributed by atoms with van der Waals surface area (Å²) >= 11 is 3.53. The minimum atomic E-state index is -4.63. The van der Waals surface area contributed by atoms with Crippen molar-refractivity contribution in [3.63, 3.8) is 0 Å². The molecule has 656 valence electrons. The Bertz CT molecular complexity index is 6280. The highest BCUT2D eigenvalue weighted by atomic mass is 79.9. The lowest BCUT2D eigenvalue weighted by Gasteiger charge is -2.20. The number of nitrogens with one attached hydrogen (secondary N) is 4. The minimum Gasteiger partial charge on any atom is -0.463 e. The zero-order valence-corrected chi connectivity index (χ0v) is 73.8. The zero-order valence-electron chi connectivity index (χ0n) is 72.2. The fourth-order valence-electron chi connectivity index (χ4n) is 14.5. The fourth-order valence-corrected chi connectivity index (χ4v) is 14.9. The lowest BCUT2D eigenvalue weighted by Crippen LogP contribution is -2.43. The highest BCUT2D eigenvalue weighted by molar-refractivity contribution is 9.10. The number of H-pyrrole nitrogens is 1. The Hall–Kier alpha value is -13.9. The van der Waals surface area contributed by atoms with E-state index in [-0.39, 0.29) is 11.6 Å². The molecule has 15 aromatic rings. The van der Waals surface area contributed by atoms with E-state index < -0.39 is 12.0 Å². The Balaban J connectivity index is 0.000000130. The Labute approximate surface area is 736 Å². The molecule has 0 aliphatic carbocycles. The summed E-state index contributed by atoms with van der Waals surface area (Å²) in [6.45, 7) is 31.6. The number of nitrogens with zero attached hydrogens (tertiary/aromatic N) is 21. The van der Waals surface area contributed by atoms with Crippen LogP contribution in [0.25, 0.3) is 55.6 Å². The number of unbranched alkanes of at least 4 members (excludes halogenated alkanes) is 3. The summed E-state index contributed by atoms with van der Waals surface area (Å²) < 4.78 is 53.4. The van der Waals surface area contributed by atoms with Crippen LogP contribution in [0.5, 0.6) is 6.01 Å². The smallest absolute Gasteiger partial charge is 0.451 e. The lowest BCUT2D eigenvalue weighted by atomic mass is 10.1. The first-order chi connectivity index (χ1) is 60.8. The van der Waals surface area contributed by atoms with Gasteiger partial charge in [-0.05, 0) is 108 Å². The number of nitrogens with two attached hydrogens (primary N) is 6. The van der Waals surface area contributed by atoms with E-state index in [1.165, 1.54) is 27.8 Å². The second-order valence-corrected chi connectivity index (χ2v) is 31.3. The van der Waals surface area contributed by atoms with E-state index in [1.807, 2.05) is 83.6 Å². The summed E-state index contributed by atoms with van der Waals surface area (Å²) in [5.74, 6) is 4.53. The highest BCUT2D eigenvalue weighted by Gasteiger charge is 2.39. The van der Waals surface area contributed by atoms with Crippen LogP contribution in [-0.2, 0) is 64.6 Å². The second-order valence-electron chi connectivity index (χ2n) is 30.6. The lowest BCUT2D eigenvalue weighted by molar-refractivity contribution is -0.698. The topological polar surface area (TPSA) is 436 Å². The van der Waals surface area contributed by atoms with Crippen LogP contribution in [0.2, 0.25) is 0 Å². The molecule has 1 atom stereocenters. The quantitative estimate of drug-likeness (QED) is 0.0144. The molecule has 11 aromatic heterocycles. The van der Waals surface area contributed by atoms with Crippen molar-refractivity contribution in [2.24, 2.45) is 0 Å². The molecule has 0 saturated carbocycles. The van der Waals surface area contributed by atoms with E-state index in [0.717, 1.165) is 152 Å². The average Bonchev–Trinajstić information content (AvgIpc) is 1.54. The van der Waals surface area contributed by atoms with Gasteiger partial charge in [0.15, 0.2) is 62.7 Å². The third-order valence-electron chi connectivity index (χ3n) is 21.3. The monoisotopic (exact) mass is 1770 g/mol. The molecule has 0 radical (unpaired) electrons. The molecule has 3 aliphatic heterocycles. The molecule has 0 fully saturated rings. The number of benzene rings is 4. The number of pyridine rings is 2. The van der Waals surface area contributed by atoms with Gasteiger partial charge in [-0.15, -0.1) is 0 Å².